The molecule has 0 fully saturated rings. The number of hydrogen-bond donors (Lipinski definition) is 0. The molecule has 0 radical (unpaired) electrons. The predicted octanol–water partition coefficient (Wildman–Crippen LogP) is 13.6. The van der Waals surface area contributed by atoms with Crippen LogP contribution >= 0.6 is 0 Å². The third-order valence-corrected chi connectivity index (χ3v) is 11.5. The Balaban J connectivity index is 1.10. The molecule has 0 saturated heterocycles. The fraction of sp³-hybridized carbons (Fsp3) is 0.0877. The average Bonchev–Trinajstić information content (AvgIpc) is 3.60. The first-order chi connectivity index (χ1) is 29.8. The number of nitrogens with zero attached hydrogens (tertiary/aromatic N) is 4. The van der Waals surface area contributed by atoms with Crippen LogP contribution in [-0.2, 0) is 0 Å². The van der Waals surface area contributed by atoms with Gasteiger partial charge in [0.05, 0.1) is 16.9 Å². The Morgan fingerprint density at radius 2 is 1.08 bits per heavy atom. The van der Waals surface area contributed by atoms with Crippen LogP contribution in [0.4, 0.5) is 17.1 Å². The lowest BCUT2D eigenvalue weighted by Crippen LogP contribution is -2.27. The minimum absolute atomic E-state index is 0.725. The molecule has 2 heterocycles. The van der Waals surface area contributed by atoms with Gasteiger partial charge in [0.25, 0.3) is 0 Å². The van der Waals surface area contributed by atoms with E-state index in [4.69, 9.17) is 9.97 Å². The molecule has 0 unspecified atom stereocenters. The van der Waals surface area contributed by atoms with Crippen molar-refractivity contribution >= 4 is 40.1 Å². The van der Waals surface area contributed by atoms with E-state index in [0.717, 1.165) is 83.7 Å². The molecule has 4 heteroatoms. The van der Waals surface area contributed by atoms with Gasteiger partial charge in [-0.1, -0.05) is 145 Å². The highest BCUT2D eigenvalue weighted by Gasteiger charge is 2.18. The van der Waals surface area contributed by atoms with Gasteiger partial charge < -0.3 is 9.47 Å². The molecule has 9 rings (SSSR count). The van der Waals surface area contributed by atoms with Gasteiger partial charge in [0.15, 0.2) is 5.82 Å². The summed E-state index contributed by atoms with van der Waals surface area (Å²) in [6, 6.07) is 60.6. The molecular formula is C57H48N4. The fourth-order valence-corrected chi connectivity index (χ4v) is 8.54. The van der Waals surface area contributed by atoms with E-state index in [1.165, 1.54) is 27.8 Å². The molecule has 0 amide bonds. The van der Waals surface area contributed by atoms with Gasteiger partial charge in [-0.3, -0.25) is 0 Å². The summed E-state index contributed by atoms with van der Waals surface area (Å²) in [5.74, 6) is 0.725. The minimum Gasteiger partial charge on any atom is -0.310 e. The quantitative estimate of drug-likeness (QED) is 0.146. The maximum absolute atomic E-state index is 5.19. The van der Waals surface area contributed by atoms with Crippen molar-refractivity contribution < 1.29 is 0 Å². The number of benzene rings is 7. The van der Waals surface area contributed by atoms with Crippen LogP contribution in [0.2, 0.25) is 0 Å². The van der Waals surface area contributed by atoms with Crippen molar-refractivity contribution in [3.63, 3.8) is 0 Å². The number of aryl methyl sites for hydroxylation is 4. The molecule has 0 N–H and O–H groups in total. The monoisotopic (exact) mass is 788 g/mol. The summed E-state index contributed by atoms with van der Waals surface area (Å²) >= 11 is 0. The van der Waals surface area contributed by atoms with Gasteiger partial charge in [-0.15, -0.1) is 0 Å². The number of aromatic nitrogens is 3. The van der Waals surface area contributed by atoms with Crippen LogP contribution in [0.15, 0.2) is 183 Å². The van der Waals surface area contributed by atoms with E-state index >= 15 is 0 Å². The lowest BCUT2D eigenvalue weighted by atomic mass is 9.93. The van der Waals surface area contributed by atoms with Gasteiger partial charge in [0.1, 0.15) is 0 Å². The zero-order valence-electron chi connectivity index (χ0n) is 35.4. The average molecular weight is 789 g/mol. The number of anilines is 3. The standard InChI is InChI=1S/C57H48N4/c1-7-15-50-51-36-49(60(46-16-11-9-12-17-46)47-18-13-10-14-19-47)32-33-55(51)61(54(50)8-2)48-30-28-42(29-31-48)45-34-40(5)56(41(6)35-45)53-37-52(43-24-20-38(3)21-25-43)58-57(59-53)44-26-22-39(4)23-27-44/h7-37H,1H2,2-6H3/b50-15-,54-8+. The Kier molecular flexibility index (Phi) is 10.6. The molecule has 61 heavy (non-hydrogen) atoms. The van der Waals surface area contributed by atoms with E-state index in [9.17, 15) is 0 Å². The van der Waals surface area contributed by atoms with Gasteiger partial charge in [0.2, 0.25) is 0 Å². The first-order valence-electron chi connectivity index (χ1n) is 20.9. The lowest BCUT2D eigenvalue weighted by Gasteiger charge is -2.25. The summed E-state index contributed by atoms with van der Waals surface area (Å²) in [5.41, 5.74) is 17.7. The SMILES string of the molecule is C=C/C=c1\c(=C/C)n(-c2ccc(-c3cc(C)c(-c4cc(-c5ccc(C)cc5)nc(-c5ccc(C)cc5)n4)c(C)c3)cc2)c2ccc(N(c3ccccc3)c3ccccc3)cc12. The van der Waals surface area contributed by atoms with Crippen LogP contribution in [0.3, 0.4) is 0 Å². The van der Waals surface area contributed by atoms with Crippen molar-refractivity contribution in [3.8, 4) is 50.7 Å². The molecule has 4 nitrogen and oxygen atoms in total. The number of rotatable bonds is 9. The predicted molar refractivity (Wildman–Crippen MR) is 258 cm³/mol. The molecule has 0 saturated carbocycles. The number of para-hydroxylation sites is 2. The van der Waals surface area contributed by atoms with Crippen LogP contribution < -0.4 is 15.5 Å². The zero-order valence-corrected chi connectivity index (χ0v) is 35.4. The van der Waals surface area contributed by atoms with Crippen LogP contribution in [-0.4, -0.2) is 14.5 Å². The van der Waals surface area contributed by atoms with E-state index in [1.54, 1.807) is 0 Å². The molecule has 0 aliphatic carbocycles. The summed E-state index contributed by atoms with van der Waals surface area (Å²) in [6.45, 7) is 14.8. The van der Waals surface area contributed by atoms with Crippen LogP contribution in [0.1, 0.15) is 29.2 Å². The second-order valence-electron chi connectivity index (χ2n) is 15.8. The smallest absolute Gasteiger partial charge is 0.160 e. The Hall–Kier alpha value is -7.56. The summed E-state index contributed by atoms with van der Waals surface area (Å²) in [5, 5.41) is 3.43. The van der Waals surface area contributed by atoms with Crippen LogP contribution in [0.5, 0.6) is 0 Å². The van der Waals surface area contributed by atoms with Gasteiger partial charge in [-0.05, 0) is 118 Å². The summed E-state index contributed by atoms with van der Waals surface area (Å²) in [7, 11) is 0. The molecule has 9 aromatic rings. The molecule has 0 atom stereocenters. The van der Waals surface area contributed by atoms with Crippen molar-refractivity contribution in [3.05, 3.63) is 215 Å². The third kappa shape index (κ3) is 7.61. The molecule has 0 bridgehead atoms. The minimum atomic E-state index is 0.725. The second-order valence-corrected chi connectivity index (χ2v) is 15.8. The van der Waals surface area contributed by atoms with Crippen molar-refractivity contribution in [2.75, 3.05) is 4.90 Å². The van der Waals surface area contributed by atoms with Crippen molar-refractivity contribution in [1.82, 2.24) is 14.5 Å². The number of fused-ring (bicyclic) bond motifs is 1. The molecule has 0 aliphatic heterocycles. The first-order valence-corrected chi connectivity index (χ1v) is 20.9. The summed E-state index contributed by atoms with van der Waals surface area (Å²) in [6.07, 6.45) is 6.21. The van der Waals surface area contributed by atoms with Gasteiger partial charge >= 0.3 is 0 Å². The highest BCUT2D eigenvalue weighted by molar-refractivity contribution is 5.91. The summed E-state index contributed by atoms with van der Waals surface area (Å²) in [4.78, 5) is 12.6. The topological polar surface area (TPSA) is 34.0 Å². The van der Waals surface area contributed by atoms with Crippen molar-refractivity contribution in [2.45, 2.75) is 34.6 Å². The van der Waals surface area contributed by atoms with Crippen molar-refractivity contribution in [1.29, 1.82) is 0 Å². The molecular weight excluding hydrogens is 741 g/mol. The van der Waals surface area contributed by atoms with E-state index in [0.29, 0.717) is 0 Å². The fourth-order valence-electron chi connectivity index (χ4n) is 8.54. The van der Waals surface area contributed by atoms with Crippen LogP contribution in [0, 0.1) is 27.7 Å². The Morgan fingerprint density at radius 1 is 0.525 bits per heavy atom. The van der Waals surface area contributed by atoms with Gasteiger partial charge in [-0.25, -0.2) is 9.97 Å². The van der Waals surface area contributed by atoms with Crippen molar-refractivity contribution in [2.24, 2.45) is 0 Å². The van der Waals surface area contributed by atoms with E-state index in [-0.39, 0.29) is 0 Å². The Morgan fingerprint density at radius 3 is 1.66 bits per heavy atom. The molecule has 2 aromatic heterocycles. The zero-order chi connectivity index (χ0) is 42.0. The normalized spacial score (nSPS) is 12.0. The molecule has 0 spiro atoms. The van der Waals surface area contributed by atoms with E-state index in [2.05, 4.69) is 233 Å². The van der Waals surface area contributed by atoms with E-state index < -0.39 is 0 Å². The van der Waals surface area contributed by atoms with Gasteiger partial charge in [-0.2, -0.15) is 0 Å². The maximum atomic E-state index is 5.19. The maximum Gasteiger partial charge on any atom is 0.160 e. The number of allylic oxidation sites excluding steroid dienone is 1. The van der Waals surface area contributed by atoms with Crippen LogP contribution in [0.25, 0.3) is 73.8 Å². The molecule has 7 aromatic carbocycles. The summed E-state index contributed by atoms with van der Waals surface area (Å²) < 4.78 is 2.36. The highest BCUT2D eigenvalue weighted by Crippen LogP contribution is 2.37. The highest BCUT2D eigenvalue weighted by atomic mass is 15.1. The Bertz CT molecular complexity index is 3030. The largest absolute Gasteiger partial charge is 0.310 e. The first kappa shape index (κ1) is 38.9. The van der Waals surface area contributed by atoms with Gasteiger partial charge in [0, 0.05) is 55.4 Å². The van der Waals surface area contributed by atoms with E-state index in [1.807, 2.05) is 6.08 Å². The second kappa shape index (κ2) is 16.6. The Labute approximate surface area is 358 Å². The number of hydrogen-bond acceptors (Lipinski definition) is 3. The molecule has 0 aliphatic rings. The lowest BCUT2D eigenvalue weighted by molar-refractivity contribution is 1.07. The molecule has 296 valence electrons. The third-order valence-electron chi connectivity index (χ3n) is 11.5.